The molecule has 3 aromatic rings. The molecule has 0 aliphatic heterocycles. The van der Waals surface area contributed by atoms with Gasteiger partial charge in [0.15, 0.2) is 5.75 Å². The first-order chi connectivity index (χ1) is 9.20. The van der Waals surface area contributed by atoms with Gasteiger partial charge in [-0.2, -0.15) is 5.90 Å². The summed E-state index contributed by atoms with van der Waals surface area (Å²) in [6.07, 6.45) is 3.59. The van der Waals surface area contributed by atoms with E-state index >= 15 is 0 Å². The van der Waals surface area contributed by atoms with E-state index < -0.39 is 0 Å². The van der Waals surface area contributed by atoms with Crippen molar-refractivity contribution >= 4 is 5.65 Å². The Labute approximate surface area is 109 Å². The number of rotatable bonds is 2. The van der Waals surface area contributed by atoms with E-state index in [0.29, 0.717) is 11.3 Å². The van der Waals surface area contributed by atoms with Crippen molar-refractivity contribution in [3.8, 4) is 22.8 Å². The van der Waals surface area contributed by atoms with Gasteiger partial charge in [-0.25, -0.2) is 4.98 Å². The maximum absolute atomic E-state index is 10.1. The lowest BCUT2D eigenvalue weighted by Crippen LogP contribution is -2.01. The zero-order valence-corrected chi connectivity index (χ0v) is 10.4. The lowest BCUT2D eigenvalue weighted by molar-refractivity contribution is 0.332. The smallest absolute Gasteiger partial charge is 0.150 e. The SMILES string of the molecule is Cc1ccc2nccn2c1-c1ccc(ON)cc1O. The van der Waals surface area contributed by atoms with E-state index in [9.17, 15) is 5.11 Å². The van der Waals surface area contributed by atoms with Gasteiger partial charge in [-0.05, 0) is 30.7 Å². The van der Waals surface area contributed by atoms with Crippen LogP contribution in [0.15, 0.2) is 42.7 Å². The summed E-state index contributed by atoms with van der Waals surface area (Å²) in [5.74, 6) is 5.62. The maximum Gasteiger partial charge on any atom is 0.150 e. The van der Waals surface area contributed by atoms with Crippen LogP contribution >= 0.6 is 0 Å². The van der Waals surface area contributed by atoms with Crippen LogP contribution in [0.25, 0.3) is 16.9 Å². The third-order valence-corrected chi connectivity index (χ3v) is 3.13. The van der Waals surface area contributed by atoms with Gasteiger partial charge in [-0.15, -0.1) is 0 Å². The molecule has 2 heterocycles. The highest BCUT2D eigenvalue weighted by atomic mass is 16.6. The molecule has 5 heteroatoms. The Balaban J connectivity index is 2.29. The highest BCUT2D eigenvalue weighted by Gasteiger charge is 2.12. The first-order valence-corrected chi connectivity index (χ1v) is 5.83. The summed E-state index contributed by atoms with van der Waals surface area (Å²) in [5, 5.41) is 10.1. The van der Waals surface area contributed by atoms with Crippen LogP contribution in [0.4, 0.5) is 0 Å². The number of hydrogen-bond acceptors (Lipinski definition) is 4. The van der Waals surface area contributed by atoms with E-state index in [-0.39, 0.29) is 5.75 Å². The molecule has 0 unspecified atom stereocenters. The molecule has 0 atom stereocenters. The van der Waals surface area contributed by atoms with Gasteiger partial charge in [0.2, 0.25) is 0 Å². The first-order valence-electron chi connectivity index (χ1n) is 5.83. The van der Waals surface area contributed by atoms with Gasteiger partial charge in [0, 0.05) is 24.0 Å². The van der Waals surface area contributed by atoms with Crippen LogP contribution in [0.2, 0.25) is 0 Å². The molecule has 0 fully saturated rings. The lowest BCUT2D eigenvalue weighted by atomic mass is 10.1. The van der Waals surface area contributed by atoms with Crippen LogP contribution in [-0.2, 0) is 0 Å². The third-order valence-electron chi connectivity index (χ3n) is 3.13. The number of nitrogens with two attached hydrogens (primary N) is 1. The topological polar surface area (TPSA) is 72.8 Å². The van der Waals surface area contributed by atoms with Gasteiger partial charge in [-0.3, -0.25) is 4.40 Å². The van der Waals surface area contributed by atoms with Crippen LogP contribution < -0.4 is 10.7 Å². The number of imidazole rings is 1. The minimum absolute atomic E-state index is 0.118. The second-order valence-corrected chi connectivity index (χ2v) is 4.32. The minimum Gasteiger partial charge on any atom is -0.507 e. The highest BCUT2D eigenvalue weighted by Crippen LogP contribution is 2.34. The largest absolute Gasteiger partial charge is 0.507 e. The fourth-order valence-corrected chi connectivity index (χ4v) is 2.22. The van der Waals surface area contributed by atoms with Crippen molar-refractivity contribution in [2.24, 2.45) is 5.90 Å². The number of aryl methyl sites for hydroxylation is 1. The molecule has 3 rings (SSSR count). The Morgan fingerprint density at radius 1 is 1.26 bits per heavy atom. The molecule has 19 heavy (non-hydrogen) atoms. The van der Waals surface area contributed by atoms with E-state index in [0.717, 1.165) is 16.9 Å². The van der Waals surface area contributed by atoms with Gasteiger partial charge in [0.1, 0.15) is 11.4 Å². The Bertz CT molecular complexity index is 750. The molecule has 0 bridgehead atoms. The van der Waals surface area contributed by atoms with Crippen molar-refractivity contribution < 1.29 is 9.94 Å². The molecule has 96 valence electrons. The number of pyridine rings is 1. The monoisotopic (exact) mass is 255 g/mol. The van der Waals surface area contributed by atoms with Crippen LogP contribution in [-0.4, -0.2) is 14.5 Å². The van der Waals surface area contributed by atoms with Crippen molar-refractivity contribution in [1.82, 2.24) is 9.38 Å². The summed E-state index contributed by atoms with van der Waals surface area (Å²) in [6.45, 7) is 1.99. The fraction of sp³-hybridized carbons (Fsp3) is 0.0714. The quantitative estimate of drug-likeness (QED) is 0.689. The Morgan fingerprint density at radius 3 is 2.84 bits per heavy atom. The van der Waals surface area contributed by atoms with Crippen molar-refractivity contribution in [3.63, 3.8) is 0 Å². The zero-order chi connectivity index (χ0) is 13.4. The molecule has 5 nitrogen and oxygen atoms in total. The molecular weight excluding hydrogens is 242 g/mol. The second-order valence-electron chi connectivity index (χ2n) is 4.32. The molecule has 0 aliphatic carbocycles. The summed E-state index contributed by atoms with van der Waals surface area (Å²) >= 11 is 0. The summed E-state index contributed by atoms with van der Waals surface area (Å²) in [7, 11) is 0. The van der Waals surface area contributed by atoms with Crippen LogP contribution in [0.5, 0.6) is 11.5 Å². The zero-order valence-electron chi connectivity index (χ0n) is 10.4. The summed E-state index contributed by atoms with van der Waals surface area (Å²) in [5.41, 5.74) is 3.49. The number of nitrogens with zero attached hydrogens (tertiary/aromatic N) is 2. The molecular formula is C14H13N3O2. The normalized spacial score (nSPS) is 10.8. The molecule has 1 aromatic carbocycles. The summed E-state index contributed by atoms with van der Waals surface area (Å²) < 4.78 is 1.94. The molecule has 0 amide bonds. The molecule has 2 aromatic heterocycles. The fourth-order valence-electron chi connectivity index (χ4n) is 2.22. The number of benzene rings is 1. The van der Waals surface area contributed by atoms with Gasteiger partial charge in [-0.1, -0.05) is 6.07 Å². The predicted octanol–water partition coefficient (Wildman–Crippen LogP) is 2.27. The van der Waals surface area contributed by atoms with Crippen LogP contribution in [0.3, 0.4) is 0 Å². The third kappa shape index (κ3) is 1.80. The average molecular weight is 255 g/mol. The van der Waals surface area contributed by atoms with Crippen LogP contribution in [0.1, 0.15) is 5.56 Å². The number of phenolic OH excluding ortho intramolecular Hbond substituents is 1. The molecule has 0 spiro atoms. The lowest BCUT2D eigenvalue weighted by Gasteiger charge is -2.12. The van der Waals surface area contributed by atoms with Crippen LogP contribution in [0, 0.1) is 6.92 Å². The highest BCUT2D eigenvalue weighted by molar-refractivity contribution is 5.73. The number of aromatic nitrogens is 2. The van der Waals surface area contributed by atoms with E-state index in [1.807, 2.05) is 29.7 Å². The average Bonchev–Trinajstić information content (AvgIpc) is 2.88. The van der Waals surface area contributed by atoms with E-state index in [2.05, 4.69) is 9.82 Å². The predicted molar refractivity (Wildman–Crippen MR) is 71.8 cm³/mol. The molecule has 0 aliphatic rings. The van der Waals surface area contributed by atoms with Crippen molar-refractivity contribution in [1.29, 1.82) is 0 Å². The number of aromatic hydroxyl groups is 1. The number of phenols is 1. The van der Waals surface area contributed by atoms with E-state index in [4.69, 9.17) is 5.90 Å². The molecule has 0 saturated heterocycles. The van der Waals surface area contributed by atoms with Crippen molar-refractivity contribution in [3.05, 3.63) is 48.3 Å². The molecule has 0 radical (unpaired) electrons. The number of hydrogen-bond donors (Lipinski definition) is 2. The Kier molecular flexibility index (Phi) is 2.61. The second kappa shape index (κ2) is 4.29. The van der Waals surface area contributed by atoms with E-state index in [1.54, 1.807) is 18.3 Å². The first kappa shape index (κ1) is 11.6. The standard InChI is InChI=1S/C14H13N3O2/c1-9-2-5-13-16-6-7-17(13)14(9)11-4-3-10(19-15)8-12(11)18/h2-8,18H,15H2,1H3. The Hall–Kier alpha value is -2.53. The van der Waals surface area contributed by atoms with Crippen molar-refractivity contribution in [2.75, 3.05) is 0 Å². The van der Waals surface area contributed by atoms with Gasteiger partial charge >= 0.3 is 0 Å². The summed E-state index contributed by atoms with van der Waals surface area (Å²) in [6, 6.07) is 8.89. The summed E-state index contributed by atoms with van der Waals surface area (Å²) in [4.78, 5) is 8.86. The molecule has 3 N–H and O–H groups in total. The Morgan fingerprint density at radius 2 is 2.11 bits per heavy atom. The van der Waals surface area contributed by atoms with E-state index in [1.165, 1.54) is 6.07 Å². The van der Waals surface area contributed by atoms with Crippen molar-refractivity contribution in [2.45, 2.75) is 6.92 Å². The minimum atomic E-state index is 0.118. The van der Waals surface area contributed by atoms with Gasteiger partial charge < -0.3 is 9.94 Å². The van der Waals surface area contributed by atoms with Gasteiger partial charge in [0.05, 0.1) is 5.69 Å². The number of fused-ring (bicyclic) bond motifs is 1. The molecule has 0 saturated carbocycles. The van der Waals surface area contributed by atoms with Gasteiger partial charge in [0.25, 0.3) is 0 Å². The maximum atomic E-state index is 10.1.